The molecule has 1 atom stereocenters. The molecule has 0 radical (unpaired) electrons. The second kappa shape index (κ2) is 9.10. The van der Waals surface area contributed by atoms with Crippen LogP contribution in [0.25, 0.3) is 11.3 Å². The predicted octanol–water partition coefficient (Wildman–Crippen LogP) is 4.79. The lowest BCUT2D eigenvalue weighted by Gasteiger charge is -2.38. The minimum atomic E-state index is -0.162. The molecule has 1 unspecified atom stereocenters. The number of benzene rings is 1. The maximum atomic E-state index is 13.0. The van der Waals surface area contributed by atoms with E-state index in [9.17, 15) is 4.79 Å². The van der Waals surface area contributed by atoms with E-state index in [0.717, 1.165) is 19.0 Å². The molecule has 3 rings (SSSR count). The van der Waals surface area contributed by atoms with Gasteiger partial charge < -0.3 is 9.84 Å². The van der Waals surface area contributed by atoms with Gasteiger partial charge in [0.2, 0.25) is 0 Å². The molecule has 0 saturated carbocycles. The summed E-state index contributed by atoms with van der Waals surface area (Å²) in [7, 11) is 0. The second-order valence-corrected chi connectivity index (χ2v) is 8.59. The number of carbonyl (C=O) groups is 1. The van der Waals surface area contributed by atoms with Crippen molar-refractivity contribution >= 4 is 17.5 Å². The number of hydrogen-bond donors (Lipinski definition) is 1. The minimum Gasteiger partial charge on any atom is -0.360 e. The monoisotopic (exact) mass is 403 g/mol. The Morgan fingerprint density at radius 2 is 2.00 bits per heavy atom. The molecule has 1 amide bonds. The van der Waals surface area contributed by atoms with Crippen LogP contribution in [0.4, 0.5) is 0 Å². The van der Waals surface area contributed by atoms with Gasteiger partial charge in [-0.25, -0.2) is 0 Å². The van der Waals surface area contributed by atoms with E-state index in [0.29, 0.717) is 46.1 Å². The number of piperidine rings is 1. The summed E-state index contributed by atoms with van der Waals surface area (Å²) in [5, 5.41) is 7.77. The van der Waals surface area contributed by atoms with Crippen LogP contribution in [0, 0.1) is 18.8 Å². The molecule has 152 valence electrons. The number of carbonyl (C=O) groups excluding carboxylic acids is 1. The summed E-state index contributed by atoms with van der Waals surface area (Å²) in [5.74, 6) is 1.59. The molecule has 0 spiro atoms. The van der Waals surface area contributed by atoms with Crippen molar-refractivity contribution in [1.29, 1.82) is 0 Å². The highest BCUT2D eigenvalue weighted by Gasteiger charge is 2.28. The van der Waals surface area contributed by atoms with Crippen LogP contribution >= 0.6 is 11.6 Å². The van der Waals surface area contributed by atoms with Crippen LogP contribution in [-0.4, -0.2) is 41.6 Å². The van der Waals surface area contributed by atoms with Crippen molar-refractivity contribution in [3.05, 3.63) is 40.6 Å². The van der Waals surface area contributed by atoms with Crippen molar-refractivity contribution < 1.29 is 9.32 Å². The van der Waals surface area contributed by atoms with Gasteiger partial charge in [0.25, 0.3) is 5.91 Å². The molecule has 1 aromatic carbocycles. The van der Waals surface area contributed by atoms with Gasteiger partial charge in [-0.15, -0.1) is 0 Å². The molecule has 1 aliphatic heterocycles. The van der Waals surface area contributed by atoms with Gasteiger partial charge in [-0.05, 0) is 50.8 Å². The van der Waals surface area contributed by atoms with Crippen molar-refractivity contribution in [2.24, 2.45) is 11.8 Å². The minimum absolute atomic E-state index is 0.162. The molecule has 28 heavy (non-hydrogen) atoms. The molecule has 1 fully saturated rings. The fraction of sp³-hybridized carbons (Fsp3) is 0.545. The Kier molecular flexibility index (Phi) is 6.78. The highest BCUT2D eigenvalue weighted by Crippen LogP contribution is 2.31. The van der Waals surface area contributed by atoms with Crippen molar-refractivity contribution in [1.82, 2.24) is 15.4 Å². The average Bonchev–Trinajstić information content (AvgIpc) is 3.04. The molecule has 1 aliphatic rings. The zero-order valence-corrected chi connectivity index (χ0v) is 17.9. The Hall–Kier alpha value is -1.85. The Bertz CT molecular complexity index is 810. The average molecular weight is 404 g/mol. The summed E-state index contributed by atoms with van der Waals surface area (Å²) >= 11 is 6.31. The van der Waals surface area contributed by atoms with E-state index in [1.54, 1.807) is 13.0 Å². The summed E-state index contributed by atoms with van der Waals surface area (Å²) in [6, 6.07) is 7.68. The second-order valence-electron chi connectivity index (χ2n) is 8.18. The lowest BCUT2D eigenvalue weighted by Crippen LogP contribution is -2.49. The van der Waals surface area contributed by atoms with E-state index >= 15 is 0 Å². The van der Waals surface area contributed by atoms with E-state index in [2.05, 4.69) is 36.1 Å². The number of nitrogens with one attached hydrogen (secondary N) is 1. The zero-order valence-electron chi connectivity index (χ0n) is 17.2. The lowest BCUT2D eigenvalue weighted by atomic mass is 9.94. The molecule has 2 aromatic rings. The number of aryl methyl sites for hydroxylation is 1. The molecule has 0 bridgehead atoms. The number of likely N-dealkylation sites (tertiary alicyclic amines) is 1. The van der Waals surface area contributed by atoms with E-state index in [1.807, 2.05) is 18.2 Å². The van der Waals surface area contributed by atoms with Crippen LogP contribution in [0.15, 0.2) is 28.8 Å². The maximum absolute atomic E-state index is 13.0. The van der Waals surface area contributed by atoms with Crippen molar-refractivity contribution in [2.75, 3.05) is 19.6 Å². The first-order chi connectivity index (χ1) is 13.4. The molecule has 1 N–H and O–H groups in total. The van der Waals surface area contributed by atoms with Crippen LogP contribution in [0.5, 0.6) is 0 Å². The Labute approximate surface area is 172 Å². The van der Waals surface area contributed by atoms with E-state index in [1.165, 1.54) is 12.8 Å². The van der Waals surface area contributed by atoms with Crippen LogP contribution < -0.4 is 5.32 Å². The Morgan fingerprint density at radius 1 is 1.32 bits per heavy atom. The number of halogens is 1. The van der Waals surface area contributed by atoms with Gasteiger partial charge in [0.1, 0.15) is 17.0 Å². The smallest absolute Gasteiger partial charge is 0.257 e. The molecule has 1 saturated heterocycles. The van der Waals surface area contributed by atoms with Crippen LogP contribution in [0.2, 0.25) is 5.02 Å². The van der Waals surface area contributed by atoms with Crippen molar-refractivity contribution in [3.8, 4) is 11.3 Å². The van der Waals surface area contributed by atoms with Crippen LogP contribution in [0.3, 0.4) is 0 Å². The summed E-state index contributed by atoms with van der Waals surface area (Å²) in [6.07, 6.45) is 2.44. The molecule has 5 nitrogen and oxygen atoms in total. The van der Waals surface area contributed by atoms with Gasteiger partial charge in [-0.3, -0.25) is 9.69 Å². The maximum Gasteiger partial charge on any atom is 0.257 e. The fourth-order valence-electron chi connectivity index (χ4n) is 3.91. The summed E-state index contributed by atoms with van der Waals surface area (Å²) in [4.78, 5) is 15.5. The highest BCUT2D eigenvalue weighted by molar-refractivity contribution is 6.33. The number of hydrogen-bond acceptors (Lipinski definition) is 4. The predicted molar refractivity (Wildman–Crippen MR) is 113 cm³/mol. The first-order valence-corrected chi connectivity index (χ1v) is 10.5. The summed E-state index contributed by atoms with van der Waals surface area (Å²) < 4.78 is 5.33. The molecule has 1 aromatic heterocycles. The number of amides is 1. The first-order valence-electron chi connectivity index (χ1n) is 10.1. The zero-order chi connectivity index (χ0) is 20.3. The number of aromatic nitrogens is 1. The third kappa shape index (κ3) is 4.58. The highest BCUT2D eigenvalue weighted by atomic mass is 35.5. The largest absolute Gasteiger partial charge is 0.360 e. The fourth-order valence-corrected chi connectivity index (χ4v) is 4.13. The van der Waals surface area contributed by atoms with Gasteiger partial charge in [0, 0.05) is 18.2 Å². The molecular formula is C22H30ClN3O2. The standard InChI is InChI=1S/C22H30ClN3O2/c1-14(2)19(26-11-9-15(3)10-12-26)13-24-22(27)20-16(4)28-25-21(20)17-7-5-6-8-18(17)23/h5-8,14-15,19H,9-13H2,1-4H3,(H,24,27). The molecule has 2 heterocycles. The third-order valence-corrected chi connectivity index (χ3v) is 6.08. The molecule has 6 heteroatoms. The van der Waals surface area contributed by atoms with Crippen molar-refractivity contribution in [2.45, 2.75) is 46.6 Å². The van der Waals surface area contributed by atoms with Crippen molar-refractivity contribution in [3.63, 3.8) is 0 Å². The van der Waals surface area contributed by atoms with Crippen LogP contribution in [-0.2, 0) is 0 Å². The van der Waals surface area contributed by atoms with E-state index in [4.69, 9.17) is 16.1 Å². The number of rotatable bonds is 6. The summed E-state index contributed by atoms with van der Waals surface area (Å²) in [5.41, 5.74) is 1.66. The quantitative estimate of drug-likeness (QED) is 0.753. The SMILES string of the molecule is Cc1onc(-c2ccccc2Cl)c1C(=O)NCC(C(C)C)N1CCC(C)CC1. The number of nitrogens with zero attached hydrogens (tertiary/aromatic N) is 2. The summed E-state index contributed by atoms with van der Waals surface area (Å²) in [6.45, 7) is 11.3. The van der Waals surface area contributed by atoms with E-state index in [-0.39, 0.29) is 5.91 Å². The van der Waals surface area contributed by atoms with Crippen LogP contribution in [0.1, 0.15) is 49.7 Å². The normalized spacial score (nSPS) is 17.1. The Morgan fingerprint density at radius 3 is 2.64 bits per heavy atom. The topological polar surface area (TPSA) is 58.4 Å². The lowest BCUT2D eigenvalue weighted by molar-refractivity contribution is 0.0862. The van der Waals surface area contributed by atoms with Gasteiger partial charge in [-0.2, -0.15) is 0 Å². The van der Waals surface area contributed by atoms with Gasteiger partial charge in [-0.1, -0.05) is 55.7 Å². The van der Waals surface area contributed by atoms with Gasteiger partial charge >= 0.3 is 0 Å². The molecule has 0 aliphatic carbocycles. The Balaban J connectivity index is 1.74. The first kappa shape index (κ1) is 20.9. The van der Waals surface area contributed by atoms with Gasteiger partial charge in [0.15, 0.2) is 0 Å². The van der Waals surface area contributed by atoms with Gasteiger partial charge in [0.05, 0.1) is 5.02 Å². The third-order valence-electron chi connectivity index (χ3n) is 5.75. The molecular weight excluding hydrogens is 374 g/mol. The van der Waals surface area contributed by atoms with E-state index < -0.39 is 0 Å².